The number of nitrogens with one attached hydrogen (secondary N) is 1. The third-order valence-corrected chi connectivity index (χ3v) is 4.46. The molecular weight excluding hydrogens is 250 g/mol. The van der Waals surface area contributed by atoms with Crippen molar-refractivity contribution in [2.75, 3.05) is 12.0 Å². The Kier molecular flexibility index (Phi) is 4.78. The van der Waals surface area contributed by atoms with Gasteiger partial charge in [0.2, 0.25) is 0 Å². The minimum atomic E-state index is 0.621. The molecule has 0 heterocycles. The molecule has 1 nitrogen and oxygen atoms in total. The van der Waals surface area contributed by atoms with Crippen molar-refractivity contribution >= 4 is 23.4 Å². The minimum absolute atomic E-state index is 0.621. The molecule has 0 spiro atoms. The van der Waals surface area contributed by atoms with E-state index in [0.717, 1.165) is 5.02 Å². The maximum Gasteiger partial charge on any atom is 0.0408 e. The van der Waals surface area contributed by atoms with E-state index >= 15 is 0 Å². The van der Waals surface area contributed by atoms with Gasteiger partial charge < -0.3 is 5.32 Å². The van der Waals surface area contributed by atoms with E-state index < -0.39 is 0 Å². The standard InChI is InChI=1S/C14H20ClNS/c1-10(9-17-2)16-14-7-12(8-14)11-4-3-5-13(15)6-11/h3-6,10,12,14,16H,7-9H2,1-2H3. The molecule has 1 atom stereocenters. The van der Waals surface area contributed by atoms with Crippen LogP contribution in [-0.2, 0) is 0 Å². The number of benzene rings is 1. The molecule has 3 heteroatoms. The molecule has 1 aromatic carbocycles. The van der Waals surface area contributed by atoms with E-state index in [0.29, 0.717) is 18.0 Å². The summed E-state index contributed by atoms with van der Waals surface area (Å²) in [5.41, 5.74) is 1.40. The normalized spacial score (nSPS) is 25.4. The Morgan fingerprint density at radius 2 is 2.24 bits per heavy atom. The summed E-state index contributed by atoms with van der Waals surface area (Å²) in [6.07, 6.45) is 4.66. The molecule has 0 aromatic heterocycles. The fourth-order valence-electron chi connectivity index (χ4n) is 2.49. The molecule has 1 aliphatic carbocycles. The van der Waals surface area contributed by atoms with Crippen LogP contribution in [0.3, 0.4) is 0 Å². The first-order valence-electron chi connectivity index (χ1n) is 6.19. The zero-order valence-electron chi connectivity index (χ0n) is 10.4. The second-order valence-electron chi connectivity index (χ2n) is 4.94. The quantitative estimate of drug-likeness (QED) is 0.869. The fourth-order valence-corrected chi connectivity index (χ4v) is 3.28. The Bertz CT molecular complexity index is 363. The molecule has 1 unspecified atom stereocenters. The van der Waals surface area contributed by atoms with Gasteiger partial charge in [-0.25, -0.2) is 0 Å². The average Bonchev–Trinajstić information content (AvgIpc) is 2.23. The molecule has 1 aliphatic rings. The van der Waals surface area contributed by atoms with Crippen molar-refractivity contribution in [2.45, 2.75) is 37.8 Å². The van der Waals surface area contributed by atoms with Crippen LogP contribution in [0.15, 0.2) is 24.3 Å². The Balaban J connectivity index is 1.79. The summed E-state index contributed by atoms with van der Waals surface area (Å²) in [6, 6.07) is 9.61. The minimum Gasteiger partial charge on any atom is -0.311 e. The van der Waals surface area contributed by atoms with Crippen molar-refractivity contribution in [2.24, 2.45) is 0 Å². The fraction of sp³-hybridized carbons (Fsp3) is 0.571. The van der Waals surface area contributed by atoms with Gasteiger partial charge in [0.1, 0.15) is 0 Å². The van der Waals surface area contributed by atoms with Crippen molar-refractivity contribution in [3.8, 4) is 0 Å². The lowest BCUT2D eigenvalue weighted by molar-refractivity contribution is 0.276. The lowest BCUT2D eigenvalue weighted by Gasteiger charge is -2.38. The van der Waals surface area contributed by atoms with Crippen LogP contribution in [0.25, 0.3) is 0 Å². The van der Waals surface area contributed by atoms with Gasteiger partial charge in [-0.15, -0.1) is 0 Å². The number of hydrogen-bond donors (Lipinski definition) is 1. The van der Waals surface area contributed by atoms with Gasteiger partial charge in [0.05, 0.1) is 0 Å². The molecule has 1 aromatic rings. The number of rotatable bonds is 5. The molecule has 0 amide bonds. The van der Waals surface area contributed by atoms with Crippen LogP contribution >= 0.6 is 23.4 Å². The van der Waals surface area contributed by atoms with E-state index in [4.69, 9.17) is 11.6 Å². The molecule has 94 valence electrons. The summed E-state index contributed by atoms with van der Waals surface area (Å²) < 4.78 is 0. The predicted molar refractivity (Wildman–Crippen MR) is 78.2 cm³/mol. The second-order valence-corrected chi connectivity index (χ2v) is 6.29. The van der Waals surface area contributed by atoms with Crippen molar-refractivity contribution in [3.05, 3.63) is 34.9 Å². The Labute approximate surface area is 113 Å². The Hall–Kier alpha value is -0.180. The SMILES string of the molecule is CSCC(C)NC1CC(c2cccc(Cl)c2)C1. The van der Waals surface area contributed by atoms with Gasteiger partial charge in [0, 0.05) is 22.9 Å². The monoisotopic (exact) mass is 269 g/mol. The summed E-state index contributed by atoms with van der Waals surface area (Å²) in [4.78, 5) is 0. The van der Waals surface area contributed by atoms with Crippen LogP contribution in [0.1, 0.15) is 31.2 Å². The van der Waals surface area contributed by atoms with Crippen molar-refractivity contribution in [3.63, 3.8) is 0 Å². The molecule has 0 saturated heterocycles. The molecular formula is C14H20ClNS. The van der Waals surface area contributed by atoms with E-state index in [-0.39, 0.29) is 0 Å². The van der Waals surface area contributed by atoms with Gasteiger partial charge in [0.25, 0.3) is 0 Å². The van der Waals surface area contributed by atoms with Crippen LogP contribution in [0.2, 0.25) is 5.02 Å². The third-order valence-electron chi connectivity index (χ3n) is 3.40. The summed E-state index contributed by atoms with van der Waals surface area (Å²) in [5, 5.41) is 4.53. The molecule has 2 rings (SSSR count). The second kappa shape index (κ2) is 6.12. The highest BCUT2D eigenvalue weighted by molar-refractivity contribution is 7.98. The first-order chi connectivity index (χ1) is 8.19. The summed E-state index contributed by atoms with van der Waals surface area (Å²) in [6.45, 7) is 2.27. The van der Waals surface area contributed by atoms with E-state index in [1.54, 1.807) is 0 Å². The van der Waals surface area contributed by atoms with Crippen LogP contribution in [0, 0.1) is 0 Å². The molecule has 0 aliphatic heterocycles. The number of thioether (sulfide) groups is 1. The van der Waals surface area contributed by atoms with Crippen LogP contribution in [0.4, 0.5) is 0 Å². The van der Waals surface area contributed by atoms with Gasteiger partial charge in [-0.3, -0.25) is 0 Å². The van der Waals surface area contributed by atoms with Gasteiger partial charge in [0.15, 0.2) is 0 Å². The lowest BCUT2D eigenvalue weighted by atomic mass is 9.75. The molecule has 0 radical (unpaired) electrons. The highest BCUT2D eigenvalue weighted by Crippen LogP contribution is 2.37. The van der Waals surface area contributed by atoms with Crippen molar-refractivity contribution in [1.82, 2.24) is 5.32 Å². The molecule has 17 heavy (non-hydrogen) atoms. The summed E-state index contributed by atoms with van der Waals surface area (Å²) >= 11 is 7.92. The summed E-state index contributed by atoms with van der Waals surface area (Å²) in [7, 11) is 0. The van der Waals surface area contributed by atoms with Crippen LogP contribution < -0.4 is 5.32 Å². The predicted octanol–water partition coefficient (Wildman–Crippen LogP) is 3.93. The maximum absolute atomic E-state index is 6.01. The van der Waals surface area contributed by atoms with E-state index in [9.17, 15) is 0 Å². The lowest BCUT2D eigenvalue weighted by Crippen LogP contribution is -2.45. The van der Waals surface area contributed by atoms with Crippen LogP contribution in [0.5, 0.6) is 0 Å². The maximum atomic E-state index is 6.01. The van der Waals surface area contributed by atoms with Gasteiger partial charge in [-0.2, -0.15) is 11.8 Å². The van der Waals surface area contributed by atoms with E-state index in [1.807, 2.05) is 17.8 Å². The van der Waals surface area contributed by atoms with Crippen LogP contribution in [-0.4, -0.2) is 24.1 Å². The van der Waals surface area contributed by atoms with Gasteiger partial charge in [-0.05, 0) is 49.6 Å². The number of halogens is 1. The molecule has 1 fully saturated rings. The zero-order chi connectivity index (χ0) is 12.3. The first kappa shape index (κ1) is 13.3. The molecule has 0 bridgehead atoms. The largest absolute Gasteiger partial charge is 0.311 e. The molecule has 1 N–H and O–H groups in total. The first-order valence-corrected chi connectivity index (χ1v) is 7.96. The third kappa shape index (κ3) is 3.64. The highest BCUT2D eigenvalue weighted by Gasteiger charge is 2.30. The van der Waals surface area contributed by atoms with E-state index in [1.165, 1.54) is 24.2 Å². The van der Waals surface area contributed by atoms with Gasteiger partial charge in [-0.1, -0.05) is 23.7 Å². The Morgan fingerprint density at radius 1 is 1.47 bits per heavy atom. The van der Waals surface area contributed by atoms with Crippen molar-refractivity contribution in [1.29, 1.82) is 0 Å². The summed E-state index contributed by atoms with van der Waals surface area (Å²) in [5.74, 6) is 1.89. The highest BCUT2D eigenvalue weighted by atomic mass is 35.5. The van der Waals surface area contributed by atoms with E-state index in [2.05, 4.69) is 36.7 Å². The average molecular weight is 270 g/mol. The Morgan fingerprint density at radius 3 is 2.88 bits per heavy atom. The topological polar surface area (TPSA) is 12.0 Å². The smallest absolute Gasteiger partial charge is 0.0408 e. The van der Waals surface area contributed by atoms with Crippen molar-refractivity contribution < 1.29 is 0 Å². The number of hydrogen-bond acceptors (Lipinski definition) is 2. The van der Waals surface area contributed by atoms with Gasteiger partial charge >= 0.3 is 0 Å². The zero-order valence-corrected chi connectivity index (χ0v) is 12.0. The molecule has 1 saturated carbocycles.